The van der Waals surface area contributed by atoms with E-state index in [1.54, 1.807) is 0 Å². The summed E-state index contributed by atoms with van der Waals surface area (Å²) in [5.41, 5.74) is 0. The number of aliphatic hydroxyl groups excluding tert-OH is 1. The lowest BCUT2D eigenvalue weighted by Crippen LogP contribution is -2.12. The maximum atomic E-state index is 10.7. The first kappa shape index (κ1) is 14.9. The minimum Gasteiger partial charge on any atom is -0.481 e. The average Bonchev–Trinajstić information content (AvgIpc) is 2.21. The fourth-order valence-electron chi connectivity index (χ4n) is 1.41. The van der Waals surface area contributed by atoms with E-state index in [2.05, 4.69) is 4.74 Å². The fourth-order valence-corrected chi connectivity index (χ4v) is 1.41. The normalized spacial score (nSPS) is 12.1. The highest BCUT2D eigenvalue weighted by Crippen LogP contribution is 2.09. The van der Waals surface area contributed by atoms with Crippen LogP contribution in [0.1, 0.15) is 44.9 Å². The van der Waals surface area contributed by atoms with Gasteiger partial charge in [-0.2, -0.15) is 0 Å². The van der Waals surface area contributed by atoms with Crippen LogP contribution >= 0.6 is 0 Å². The molecular formula is C11H20O5. The predicted molar refractivity (Wildman–Crippen MR) is 58.0 cm³/mol. The van der Waals surface area contributed by atoms with Crippen LogP contribution in [0, 0.1) is 0 Å². The zero-order valence-electron chi connectivity index (χ0n) is 9.65. The first-order valence-electron chi connectivity index (χ1n) is 5.53. The van der Waals surface area contributed by atoms with Gasteiger partial charge in [0.1, 0.15) is 0 Å². The van der Waals surface area contributed by atoms with E-state index < -0.39 is 12.1 Å². The predicted octanol–water partition coefficient (Wildman–Crippen LogP) is 1.34. The van der Waals surface area contributed by atoms with Crippen molar-refractivity contribution in [3.8, 4) is 0 Å². The van der Waals surface area contributed by atoms with Crippen molar-refractivity contribution in [1.29, 1.82) is 0 Å². The number of hydrogen-bond donors (Lipinski definition) is 2. The van der Waals surface area contributed by atoms with Crippen LogP contribution in [0.25, 0.3) is 0 Å². The number of methoxy groups -OCH3 is 1. The molecule has 0 spiro atoms. The molecule has 0 bridgehead atoms. The number of aliphatic hydroxyl groups is 1. The molecule has 0 amide bonds. The van der Waals surface area contributed by atoms with Gasteiger partial charge in [0, 0.05) is 6.42 Å². The van der Waals surface area contributed by atoms with Gasteiger partial charge in [-0.1, -0.05) is 19.3 Å². The molecule has 1 atom stereocenters. The number of esters is 1. The maximum Gasteiger partial charge on any atom is 0.305 e. The summed E-state index contributed by atoms with van der Waals surface area (Å²) in [6, 6.07) is 0. The number of carbonyl (C=O) groups excluding carboxylic acids is 1. The number of ether oxygens (including phenoxy) is 1. The minimum atomic E-state index is -0.974. The van der Waals surface area contributed by atoms with Gasteiger partial charge in [0.25, 0.3) is 0 Å². The van der Waals surface area contributed by atoms with Crippen LogP contribution in [0.5, 0.6) is 0 Å². The molecule has 0 aliphatic carbocycles. The Morgan fingerprint density at radius 3 is 2.38 bits per heavy atom. The molecule has 1 unspecified atom stereocenters. The van der Waals surface area contributed by atoms with Crippen molar-refractivity contribution in [1.82, 2.24) is 0 Å². The van der Waals surface area contributed by atoms with Crippen molar-refractivity contribution in [2.75, 3.05) is 7.11 Å². The summed E-state index contributed by atoms with van der Waals surface area (Å²) in [6.45, 7) is 0. The lowest BCUT2D eigenvalue weighted by molar-refractivity contribution is -0.141. The molecule has 0 aromatic carbocycles. The lowest BCUT2D eigenvalue weighted by atomic mass is 10.1. The average molecular weight is 232 g/mol. The highest BCUT2D eigenvalue weighted by atomic mass is 16.5. The van der Waals surface area contributed by atoms with Crippen LogP contribution in [0.2, 0.25) is 0 Å². The van der Waals surface area contributed by atoms with Gasteiger partial charge in [0.2, 0.25) is 0 Å². The molecule has 16 heavy (non-hydrogen) atoms. The van der Waals surface area contributed by atoms with Crippen LogP contribution in [-0.2, 0) is 14.3 Å². The van der Waals surface area contributed by atoms with Crippen molar-refractivity contribution in [3.05, 3.63) is 0 Å². The van der Waals surface area contributed by atoms with E-state index in [4.69, 9.17) is 5.11 Å². The molecule has 0 aliphatic rings. The Morgan fingerprint density at radius 1 is 1.19 bits per heavy atom. The SMILES string of the molecule is COC(=O)CCCCCCC(O)CC(=O)O. The highest BCUT2D eigenvalue weighted by Gasteiger charge is 2.08. The third-order valence-electron chi connectivity index (χ3n) is 2.31. The Bertz CT molecular complexity index is 214. The van der Waals surface area contributed by atoms with Crippen molar-refractivity contribution >= 4 is 11.9 Å². The number of carboxylic acids is 1. The van der Waals surface area contributed by atoms with Gasteiger partial charge in [-0.05, 0) is 12.8 Å². The monoisotopic (exact) mass is 232 g/mol. The third-order valence-corrected chi connectivity index (χ3v) is 2.31. The quantitative estimate of drug-likeness (QED) is 0.463. The van der Waals surface area contributed by atoms with Crippen LogP contribution in [-0.4, -0.2) is 35.4 Å². The summed E-state index contributed by atoms with van der Waals surface area (Å²) in [7, 11) is 1.37. The Kier molecular flexibility index (Phi) is 8.52. The third kappa shape index (κ3) is 9.45. The first-order valence-corrected chi connectivity index (χ1v) is 5.53. The number of unbranched alkanes of at least 4 members (excludes halogenated alkanes) is 3. The smallest absolute Gasteiger partial charge is 0.305 e. The largest absolute Gasteiger partial charge is 0.481 e. The number of aliphatic carboxylic acids is 1. The fraction of sp³-hybridized carbons (Fsp3) is 0.818. The minimum absolute atomic E-state index is 0.192. The second-order valence-electron chi connectivity index (χ2n) is 3.78. The first-order chi connectivity index (χ1) is 7.56. The van der Waals surface area contributed by atoms with Gasteiger partial charge in [0.15, 0.2) is 0 Å². The molecule has 0 aliphatic heterocycles. The molecule has 5 heteroatoms. The van der Waals surface area contributed by atoms with E-state index in [-0.39, 0.29) is 12.4 Å². The molecule has 0 saturated carbocycles. The standard InChI is InChI=1S/C11H20O5/c1-16-11(15)7-5-3-2-4-6-9(12)8-10(13)14/h9,12H,2-8H2,1H3,(H,13,14). The van der Waals surface area contributed by atoms with Crippen LogP contribution in [0.15, 0.2) is 0 Å². The topological polar surface area (TPSA) is 83.8 Å². The van der Waals surface area contributed by atoms with Gasteiger partial charge < -0.3 is 14.9 Å². The van der Waals surface area contributed by atoms with Gasteiger partial charge in [-0.15, -0.1) is 0 Å². The zero-order valence-corrected chi connectivity index (χ0v) is 9.65. The van der Waals surface area contributed by atoms with Crippen molar-refractivity contribution < 1.29 is 24.5 Å². The molecule has 0 rings (SSSR count). The number of carbonyl (C=O) groups is 2. The molecule has 0 saturated heterocycles. The van der Waals surface area contributed by atoms with Gasteiger partial charge in [0.05, 0.1) is 19.6 Å². The van der Waals surface area contributed by atoms with Crippen molar-refractivity contribution in [2.24, 2.45) is 0 Å². The maximum absolute atomic E-state index is 10.7. The Labute approximate surface area is 95.4 Å². The second kappa shape index (κ2) is 9.15. The molecule has 0 heterocycles. The summed E-state index contributed by atoms with van der Waals surface area (Å²) >= 11 is 0. The highest BCUT2D eigenvalue weighted by molar-refractivity contribution is 5.69. The Balaban J connectivity index is 3.26. The number of carboxylic acid groups (broad SMARTS) is 1. The van der Waals surface area contributed by atoms with E-state index in [0.29, 0.717) is 12.8 Å². The molecule has 0 aromatic heterocycles. The van der Waals surface area contributed by atoms with E-state index in [0.717, 1.165) is 25.7 Å². The van der Waals surface area contributed by atoms with Crippen molar-refractivity contribution in [3.63, 3.8) is 0 Å². The molecular weight excluding hydrogens is 212 g/mol. The van der Waals surface area contributed by atoms with Gasteiger partial charge in [-0.25, -0.2) is 0 Å². The van der Waals surface area contributed by atoms with Crippen LogP contribution in [0.4, 0.5) is 0 Å². The van der Waals surface area contributed by atoms with Gasteiger partial charge >= 0.3 is 11.9 Å². The van der Waals surface area contributed by atoms with Crippen molar-refractivity contribution in [2.45, 2.75) is 51.0 Å². The van der Waals surface area contributed by atoms with E-state index in [1.807, 2.05) is 0 Å². The molecule has 0 radical (unpaired) electrons. The summed E-state index contributed by atoms with van der Waals surface area (Å²) in [4.78, 5) is 21.0. The molecule has 0 fully saturated rings. The molecule has 5 nitrogen and oxygen atoms in total. The van der Waals surface area contributed by atoms with Crippen LogP contribution in [0.3, 0.4) is 0 Å². The molecule has 94 valence electrons. The summed E-state index contributed by atoms with van der Waals surface area (Å²) in [6.07, 6.45) is 3.35. The Morgan fingerprint density at radius 2 is 1.81 bits per heavy atom. The number of rotatable bonds is 9. The number of hydrogen-bond acceptors (Lipinski definition) is 4. The summed E-state index contributed by atoms with van der Waals surface area (Å²) in [5, 5.41) is 17.6. The molecule has 0 aromatic rings. The lowest BCUT2D eigenvalue weighted by Gasteiger charge is -2.06. The van der Waals surface area contributed by atoms with E-state index in [1.165, 1.54) is 7.11 Å². The summed E-state index contributed by atoms with van der Waals surface area (Å²) in [5.74, 6) is -1.18. The van der Waals surface area contributed by atoms with Crippen LogP contribution < -0.4 is 0 Å². The zero-order chi connectivity index (χ0) is 12.4. The Hall–Kier alpha value is -1.10. The van der Waals surface area contributed by atoms with Gasteiger partial charge in [-0.3, -0.25) is 9.59 Å². The van der Waals surface area contributed by atoms with E-state index >= 15 is 0 Å². The second-order valence-corrected chi connectivity index (χ2v) is 3.78. The molecule has 2 N–H and O–H groups in total. The van der Waals surface area contributed by atoms with E-state index in [9.17, 15) is 14.7 Å². The summed E-state index contributed by atoms with van der Waals surface area (Å²) < 4.78 is 4.49.